The van der Waals surface area contributed by atoms with Gasteiger partial charge in [0.15, 0.2) is 0 Å². The van der Waals surface area contributed by atoms with E-state index < -0.39 is 5.82 Å². The Morgan fingerprint density at radius 1 is 1.26 bits per heavy atom. The molecule has 1 saturated carbocycles. The van der Waals surface area contributed by atoms with Crippen LogP contribution < -0.4 is 0 Å². The minimum atomic E-state index is -0.471. The molecule has 0 amide bonds. The van der Waals surface area contributed by atoms with E-state index in [1.165, 1.54) is 6.07 Å². The summed E-state index contributed by atoms with van der Waals surface area (Å²) in [4.78, 5) is 0. The lowest BCUT2D eigenvalue weighted by molar-refractivity contribution is 0.426. The SMILES string of the molecule is CC12CCC(C1)c1c2c(O)c2cccc(F)c2c1O. The number of hydrogen-bond acceptors (Lipinski definition) is 2. The van der Waals surface area contributed by atoms with E-state index in [-0.39, 0.29) is 28.2 Å². The molecule has 0 heterocycles. The zero-order valence-electron chi connectivity index (χ0n) is 10.7. The van der Waals surface area contributed by atoms with Gasteiger partial charge in [0.1, 0.15) is 17.3 Å². The van der Waals surface area contributed by atoms with Crippen molar-refractivity contribution in [2.45, 2.75) is 37.5 Å². The van der Waals surface area contributed by atoms with Crippen LogP contribution in [0.4, 0.5) is 4.39 Å². The highest BCUT2D eigenvalue weighted by Crippen LogP contribution is 2.63. The number of hydrogen-bond donors (Lipinski definition) is 2. The maximum Gasteiger partial charge on any atom is 0.134 e. The van der Waals surface area contributed by atoms with Crippen LogP contribution in [-0.2, 0) is 5.41 Å². The highest BCUT2D eigenvalue weighted by molar-refractivity contribution is 5.97. The summed E-state index contributed by atoms with van der Waals surface area (Å²) in [5, 5.41) is 21.6. The quantitative estimate of drug-likeness (QED) is 0.703. The monoisotopic (exact) mass is 258 g/mol. The first-order valence-corrected chi connectivity index (χ1v) is 6.69. The Bertz CT molecular complexity index is 722. The molecule has 1 fully saturated rings. The smallest absolute Gasteiger partial charge is 0.134 e. The van der Waals surface area contributed by atoms with Crippen LogP contribution in [0.25, 0.3) is 10.8 Å². The Labute approximate surface area is 110 Å². The van der Waals surface area contributed by atoms with Gasteiger partial charge in [-0.1, -0.05) is 19.1 Å². The molecular weight excluding hydrogens is 243 g/mol. The first-order chi connectivity index (χ1) is 9.03. The van der Waals surface area contributed by atoms with Crippen LogP contribution in [-0.4, -0.2) is 10.2 Å². The molecule has 98 valence electrons. The van der Waals surface area contributed by atoms with Gasteiger partial charge in [0, 0.05) is 16.5 Å². The number of aromatic hydroxyl groups is 2. The van der Waals surface area contributed by atoms with Crippen LogP contribution >= 0.6 is 0 Å². The second-order valence-electron chi connectivity index (χ2n) is 6.15. The lowest BCUT2D eigenvalue weighted by Gasteiger charge is -2.26. The highest BCUT2D eigenvalue weighted by atomic mass is 19.1. The van der Waals surface area contributed by atoms with Gasteiger partial charge in [-0.15, -0.1) is 0 Å². The minimum Gasteiger partial charge on any atom is -0.507 e. The first-order valence-electron chi connectivity index (χ1n) is 6.69. The van der Waals surface area contributed by atoms with Gasteiger partial charge in [-0.05, 0) is 36.7 Å². The number of rotatable bonds is 0. The summed E-state index contributed by atoms with van der Waals surface area (Å²) in [5.41, 5.74) is 1.56. The summed E-state index contributed by atoms with van der Waals surface area (Å²) in [6.07, 6.45) is 2.98. The van der Waals surface area contributed by atoms with Crippen molar-refractivity contribution in [3.8, 4) is 11.5 Å². The fourth-order valence-corrected chi connectivity index (χ4v) is 4.20. The van der Waals surface area contributed by atoms with E-state index in [0.29, 0.717) is 5.39 Å². The van der Waals surface area contributed by atoms with Crippen LogP contribution in [0.2, 0.25) is 0 Å². The average molecular weight is 258 g/mol. The number of fused-ring (bicyclic) bond motifs is 6. The molecule has 2 N–H and O–H groups in total. The highest BCUT2D eigenvalue weighted by Gasteiger charge is 2.49. The van der Waals surface area contributed by atoms with Gasteiger partial charge in [-0.2, -0.15) is 0 Å². The number of phenols is 2. The number of halogens is 1. The zero-order chi connectivity index (χ0) is 13.4. The van der Waals surface area contributed by atoms with Crippen molar-refractivity contribution >= 4 is 10.8 Å². The summed E-state index contributed by atoms with van der Waals surface area (Å²) in [6, 6.07) is 4.56. The normalized spacial score (nSPS) is 28.0. The second-order valence-corrected chi connectivity index (χ2v) is 6.15. The number of benzene rings is 2. The lowest BCUT2D eigenvalue weighted by atomic mass is 9.79. The Kier molecular flexibility index (Phi) is 1.88. The molecule has 0 aliphatic heterocycles. The summed E-state index contributed by atoms with van der Waals surface area (Å²) in [7, 11) is 0. The van der Waals surface area contributed by atoms with E-state index >= 15 is 0 Å². The van der Waals surface area contributed by atoms with Gasteiger partial charge in [0.2, 0.25) is 0 Å². The Hall–Kier alpha value is -1.77. The topological polar surface area (TPSA) is 40.5 Å². The van der Waals surface area contributed by atoms with Gasteiger partial charge in [-0.3, -0.25) is 0 Å². The molecule has 4 rings (SSSR count). The lowest BCUT2D eigenvalue weighted by Crippen LogP contribution is -2.16. The molecular formula is C16H15FO2. The molecule has 2 atom stereocenters. The van der Waals surface area contributed by atoms with Crippen molar-refractivity contribution in [1.82, 2.24) is 0 Å². The van der Waals surface area contributed by atoms with Crippen LogP contribution in [0, 0.1) is 5.82 Å². The van der Waals surface area contributed by atoms with Gasteiger partial charge in [-0.25, -0.2) is 4.39 Å². The summed E-state index contributed by atoms with van der Waals surface area (Å²) < 4.78 is 14.0. The molecule has 0 aromatic heterocycles. The fraction of sp³-hybridized carbons (Fsp3) is 0.375. The van der Waals surface area contributed by atoms with Crippen molar-refractivity contribution in [2.75, 3.05) is 0 Å². The predicted octanol–water partition coefficient (Wildman–Crippen LogP) is 3.93. The van der Waals surface area contributed by atoms with E-state index in [9.17, 15) is 14.6 Å². The molecule has 0 saturated heterocycles. The predicted molar refractivity (Wildman–Crippen MR) is 71.2 cm³/mol. The molecule has 2 bridgehead atoms. The molecule has 2 unspecified atom stereocenters. The standard InChI is InChI=1S/C16H15FO2/c1-16-6-5-8(7-16)11-13(16)14(18)9-3-2-4-10(17)12(9)15(11)19/h2-4,8,18-19H,5-7H2,1H3. The number of phenolic OH excluding ortho intramolecular Hbond substituents is 2. The van der Waals surface area contributed by atoms with Crippen LogP contribution in [0.15, 0.2) is 18.2 Å². The largest absolute Gasteiger partial charge is 0.507 e. The maximum absolute atomic E-state index is 14.0. The molecule has 0 radical (unpaired) electrons. The molecule has 0 spiro atoms. The minimum absolute atomic E-state index is 0.0364. The third kappa shape index (κ3) is 1.16. The van der Waals surface area contributed by atoms with E-state index in [1.54, 1.807) is 12.1 Å². The van der Waals surface area contributed by atoms with Gasteiger partial charge < -0.3 is 10.2 Å². The molecule has 19 heavy (non-hydrogen) atoms. The average Bonchev–Trinajstić information content (AvgIpc) is 2.89. The summed E-state index contributed by atoms with van der Waals surface area (Å²) in [5.74, 6) is -0.0164. The Balaban J connectivity index is 2.22. The van der Waals surface area contributed by atoms with Gasteiger partial charge >= 0.3 is 0 Å². The Morgan fingerprint density at radius 2 is 2.05 bits per heavy atom. The van der Waals surface area contributed by atoms with Crippen molar-refractivity contribution in [3.05, 3.63) is 35.1 Å². The van der Waals surface area contributed by atoms with Gasteiger partial charge in [0.25, 0.3) is 0 Å². The Morgan fingerprint density at radius 3 is 2.84 bits per heavy atom. The van der Waals surface area contributed by atoms with Crippen LogP contribution in [0.5, 0.6) is 11.5 Å². The third-order valence-electron chi connectivity index (χ3n) is 5.02. The van der Waals surface area contributed by atoms with Crippen molar-refractivity contribution in [3.63, 3.8) is 0 Å². The van der Waals surface area contributed by atoms with Crippen molar-refractivity contribution < 1.29 is 14.6 Å². The molecule has 3 heteroatoms. The van der Waals surface area contributed by atoms with E-state index in [0.717, 1.165) is 30.4 Å². The van der Waals surface area contributed by atoms with E-state index in [1.807, 2.05) is 0 Å². The van der Waals surface area contributed by atoms with E-state index in [4.69, 9.17) is 0 Å². The molecule has 2 aromatic rings. The molecule has 2 nitrogen and oxygen atoms in total. The zero-order valence-corrected chi connectivity index (χ0v) is 10.7. The molecule has 2 aromatic carbocycles. The summed E-state index contributed by atoms with van der Waals surface area (Å²) in [6.45, 7) is 2.13. The fourth-order valence-electron chi connectivity index (χ4n) is 4.20. The van der Waals surface area contributed by atoms with Crippen molar-refractivity contribution in [1.29, 1.82) is 0 Å². The molecule has 2 aliphatic rings. The first kappa shape index (κ1) is 11.1. The maximum atomic E-state index is 14.0. The summed E-state index contributed by atoms with van der Waals surface area (Å²) >= 11 is 0. The van der Waals surface area contributed by atoms with Crippen LogP contribution in [0.3, 0.4) is 0 Å². The second kappa shape index (κ2) is 3.21. The van der Waals surface area contributed by atoms with E-state index in [2.05, 4.69) is 6.92 Å². The third-order valence-corrected chi connectivity index (χ3v) is 5.02. The van der Waals surface area contributed by atoms with Crippen molar-refractivity contribution in [2.24, 2.45) is 0 Å². The molecule has 2 aliphatic carbocycles. The van der Waals surface area contributed by atoms with Crippen LogP contribution in [0.1, 0.15) is 43.2 Å². The van der Waals surface area contributed by atoms with Gasteiger partial charge in [0.05, 0.1) is 5.39 Å².